The monoisotopic (exact) mass is 324 g/mol. The largest absolute Gasteiger partial charge is 0.506 e. The topological polar surface area (TPSA) is 63.6 Å². The van der Waals surface area contributed by atoms with Gasteiger partial charge in [0.25, 0.3) is 0 Å². The van der Waals surface area contributed by atoms with E-state index >= 15 is 0 Å². The normalized spacial score (nSPS) is 14.7. The Kier molecular flexibility index (Phi) is 3.49. The van der Waals surface area contributed by atoms with Crippen molar-refractivity contribution < 1.29 is 19.4 Å². The van der Waals surface area contributed by atoms with Crippen LogP contribution >= 0.6 is 15.9 Å². The van der Waals surface area contributed by atoms with Crippen LogP contribution in [-0.4, -0.2) is 23.3 Å². The van der Waals surface area contributed by atoms with Gasteiger partial charge in [-0.3, -0.25) is 9.59 Å². The smallest absolute Gasteiger partial charge is 0.193 e. The van der Waals surface area contributed by atoms with Crippen LogP contribution in [0.25, 0.3) is 0 Å². The third-order valence-electron chi connectivity index (χ3n) is 3.22. The molecule has 0 saturated heterocycles. The van der Waals surface area contributed by atoms with E-state index in [-0.39, 0.29) is 28.4 Å². The Morgan fingerprint density at radius 1 is 1.21 bits per heavy atom. The molecule has 1 aliphatic carbocycles. The SMILES string of the molecule is CCOc1cc2c(c(O)c1Br)C(=O)C(C)=C(C)C2=O. The van der Waals surface area contributed by atoms with Crippen LogP contribution in [0, 0.1) is 0 Å². The van der Waals surface area contributed by atoms with E-state index in [1.54, 1.807) is 20.8 Å². The molecule has 0 saturated carbocycles. The Balaban J connectivity index is 2.76. The first-order valence-electron chi connectivity index (χ1n) is 5.85. The zero-order valence-corrected chi connectivity index (χ0v) is 12.4. The van der Waals surface area contributed by atoms with Gasteiger partial charge in [-0.15, -0.1) is 0 Å². The van der Waals surface area contributed by atoms with E-state index in [1.165, 1.54) is 6.07 Å². The lowest BCUT2D eigenvalue weighted by Gasteiger charge is -2.20. The number of phenolic OH excluding ortho intramolecular Hbond substituents is 1. The summed E-state index contributed by atoms with van der Waals surface area (Å²) in [7, 11) is 0. The maximum absolute atomic E-state index is 12.2. The number of benzene rings is 1. The molecule has 0 aliphatic heterocycles. The van der Waals surface area contributed by atoms with Gasteiger partial charge in [-0.05, 0) is 42.8 Å². The van der Waals surface area contributed by atoms with Crippen molar-refractivity contribution in [2.24, 2.45) is 0 Å². The van der Waals surface area contributed by atoms with E-state index in [0.717, 1.165) is 0 Å². The molecule has 5 heteroatoms. The summed E-state index contributed by atoms with van der Waals surface area (Å²) in [4.78, 5) is 24.4. The molecule has 19 heavy (non-hydrogen) atoms. The van der Waals surface area contributed by atoms with Crippen molar-refractivity contribution in [2.45, 2.75) is 20.8 Å². The summed E-state index contributed by atoms with van der Waals surface area (Å²) in [6.07, 6.45) is 0. The van der Waals surface area contributed by atoms with E-state index in [2.05, 4.69) is 15.9 Å². The highest BCUT2D eigenvalue weighted by Gasteiger charge is 2.32. The Hall–Kier alpha value is -1.62. The second kappa shape index (κ2) is 4.81. The van der Waals surface area contributed by atoms with E-state index in [0.29, 0.717) is 28.0 Å². The van der Waals surface area contributed by atoms with Crippen LogP contribution in [0.15, 0.2) is 21.7 Å². The molecule has 0 spiro atoms. The number of phenols is 1. The highest BCUT2D eigenvalue weighted by atomic mass is 79.9. The average molecular weight is 325 g/mol. The lowest BCUT2D eigenvalue weighted by Crippen LogP contribution is -2.20. The number of aromatic hydroxyl groups is 1. The summed E-state index contributed by atoms with van der Waals surface area (Å²) < 4.78 is 5.64. The van der Waals surface area contributed by atoms with Crippen molar-refractivity contribution in [3.05, 3.63) is 32.8 Å². The molecule has 0 heterocycles. The summed E-state index contributed by atoms with van der Waals surface area (Å²) in [6.45, 7) is 5.39. The molecule has 0 aromatic heterocycles. The first-order chi connectivity index (χ1) is 8.90. The number of hydrogen-bond donors (Lipinski definition) is 1. The number of halogens is 1. The second-order valence-electron chi connectivity index (χ2n) is 4.30. The molecule has 1 N–H and O–H groups in total. The molecule has 2 rings (SSSR count). The number of ketones is 2. The number of fused-ring (bicyclic) bond motifs is 1. The van der Waals surface area contributed by atoms with Gasteiger partial charge >= 0.3 is 0 Å². The summed E-state index contributed by atoms with van der Waals surface area (Å²) >= 11 is 3.19. The number of Topliss-reactive ketones (excluding diaryl/α,β-unsaturated/α-hetero) is 2. The lowest BCUT2D eigenvalue weighted by atomic mass is 9.84. The van der Waals surface area contributed by atoms with Gasteiger partial charge in [-0.1, -0.05) is 0 Å². The van der Waals surface area contributed by atoms with Crippen molar-refractivity contribution in [3.63, 3.8) is 0 Å². The van der Waals surface area contributed by atoms with Gasteiger partial charge in [0.1, 0.15) is 16.0 Å². The molecule has 100 valence electrons. The minimum Gasteiger partial charge on any atom is -0.506 e. The van der Waals surface area contributed by atoms with E-state index in [9.17, 15) is 14.7 Å². The van der Waals surface area contributed by atoms with Gasteiger partial charge in [-0.2, -0.15) is 0 Å². The first-order valence-corrected chi connectivity index (χ1v) is 6.64. The standard InChI is InChI=1S/C14H13BrO4/c1-4-19-9-5-8-10(14(18)11(9)15)13(17)7(3)6(2)12(8)16/h5,18H,4H2,1-3H3. The van der Waals surface area contributed by atoms with Gasteiger partial charge < -0.3 is 9.84 Å². The molecule has 0 amide bonds. The number of ether oxygens (including phenoxy) is 1. The van der Waals surface area contributed by atoms with Crippen molar-refractivity contribution in [1.82, 2.24) is 0 Å². The Morgan fingerprint density at radius 2 is 1.79 bits per heavy atom. The number of rotatable bonds is 2. The van der Waals surface area contributed by atoms with E-state index in [1.807, 2.05) is 0 Å². The molecule has 0 unspecified atom stereocenters. The molecule has 4 nitrogen and oxygen atoms in total. The van der Waals surface area contributed by atoms with Gasteiger partial charge in [0, 0.05) is 16.7 Å². The van der Waals surface area contributed by atoms with Crippen LogP contribution in [0.5, 0.6) is 11.5 Å². The number of hydrogen-bond acceptors (Lipinski definition) is 4. The predicted octanol–water partition coefficient (Wildman–Crippen LogP) is 3.27. The first kappa shape index (κ1) is 13.8. The fourth-order valence-electron chi connectivity index (χ4n) is 2.02. The van der Waals surface area contributed by atoms with Crippen LogP contribution < -0.4 is 4.74 Å². The highest BCUT2D eigenvalue weighted by molar-refractivity contribution is 9.10. The van der Waals surface area contributed by atoms with Crippen LogP contribution in [-0.2, 0) is 0 Å². The molecule has 1 aliphatic rings. The Bertz CT molecular complexity index is 629. The van der Waals surface area contributed by atoms with E-state index in [4.69, 9.17) is 4.74 Å². The highest BCUT2D eigenvalue weighted by Crippen LogP contribution is 2.42. The maximum Gasteiger partial charge on any atom is 0.193 e. The second-order valence-corrected chi connectivity index (χ2v) is 5.09. The predicted molar refractivity (Wildman–Crippen MR) is 74.0 cm³/mol. The molecule has 0 fully saturated rings. The van der Waals surface area contributed by atoms with Gasteiger partial charge in [0.2, 0.25) is 0 Å². The minimum atomic E-state index is -0.326. The van der Waals surface area contributed by atoms with Crippen molar-refractivity contribution in [1.29, 1.82) is 0 Å². The molecular weight excluding hydrogens is 312 g/mol. The third-order valence-corrected chi connectivity index (χ3v) is 3.99. The molecular formula is C14H13BrO4. The molecule has 0 atom stereocenters. The van der Waals surface area contributed by atoms with Crippen molar-refractivity contribution >= 4 is 27.5 Å². The number of carbonyl (C=O) groups is 2. The summed E-state index contributed by atoms with van der Waals surface area (Å²) in [5.41, 5.74) is 1.01. The fraction of sp³-hybridized carbons (Fsp3) is 0.286. The maximum atomic E-state index is 12.2. The van der Waals surface area contributed by atoms with Gasteiger partial charge in [0.15, 0.2) is 11.6 Å². The Labute approximate surface area is 119 Å². The van der Waals surface area contributed by atoms with Crippen molar-refractivity contribution in [3.8, 4) is 11.5 Å². The molecule has 0 radical (unpaired) electrons. The molecule has 0 bridgehead atoms. The van der Waals surface area contributed by atoms with Crippen LogP contribution in [0.1, 0.15) is 41.5 Å². The van der Waals surface area contributed by atoms with Crippen molar-refractivity contribution in [2.75, 3.05) is 6.61 Å². The van der Waals surface area contributed by atoms with Crippen LogP contribution in [0.3, 0.4) is 0 Å². The average Bonchev–Trinajstić information content (AvgIpc) is 2.39. The minimum absolute atomic E-state index is 0.0448. The zero-order valence-electron chi connectivity index (χ0n) is 10.8. The van der Waals surface area contributed by atoms with Gasteiger partial charge in [-0.25, -0.2) is 0 Å². The number of allylic oxidation sites excluding steroid dienone is 2. The molecule has 1 aromatic rings. The quantitative estimate of drug-likeness (QED) is 0.906. The Morgan fingerprint density at radius 3 is 2.37 bits per heavy atom. The van der Waals surface area contributed by atoms with Gasteiger partial charge in [0.05, 0.1) is 12.2 Å². The van der Waals surface area contributed by atoms with E-state index < -0.39 is 0 Å². The van der Waals surface area contributed by atoms with Crippen LogP contribution in [0.4, 0.5) is 0 Å². The summed E-state index contributed by atoms with van der Waals surface area (Å²) in [5, 5.41) is 10.1. The number of carbonyl (C=O) groups excluding carboxylic acids is 2. The molecule has 1 aromatic carbocycles. The summed E-state index contributed by atoms with van der Waals surface area (Å²) in [6, 6.07) is 1.50. The fourth-order valence-corrected chi connectivity index (χ4v) is 2.45. The summed E-state index contributed by atoms with van der Waals surface area (Å²) in [5.74, 6) is -0.470. The van der Waals surface area contributed by atoms with Crippen LogP contribution in [0.2, 0.25) is 0 Å². The lowest BCUT2D eigenvalue weighted by molar-refractivity contribution is 0.0972. The third kappa shape index (κ3) is 1.98. The zero-order chi connectivity index (χ0) is 14.3.